The maximum absolute atomic E-state index is 4.20. The van der Waals surface area contributed by atoms with Crippen LogP contribution in [0.1, 0.15) is 145 Å². The average Bonchev–Trinajstić information content (AvgIpc) is 3.54. The third-order valence-electron chi connectivity index (χ3n) is 13.5. The van der Waals surface area contributed by atoms with Crippen LogP contribution in [-0.4, -0.2) is 0 Å². The van der Waals surface area contributed by atoms with Crippen molar-refractivity contribution in [1.82, 2.24) is 0 Å². The highest BCUT2D eigenvalue weighted by Gasteiger charge is 2.43. The molecule has 0 amide bonds. The van der Waals surface area contributed by atoms with E-state index in [2.05, 4.69) is 184 Å². The standard InChI is InChI=1S/C59H72N2/c1-7-11-13-15-17-19-37-59(38-20-18-16-14-12-8-2)57-43-53(60(49-29-21-25-45(5)39-49)51-31-23-27-47(9-3)41-51)33-35-55(57)56-36-34-54(44-58(56)59)61(50-30-22-26-46(6)40-50)52-32-24-28-48(10-4)42-52/h9,21-36,39-40,42-44,47H,3,7-8,10-20,37-38,41H2,1-2,4-6H3. The van der Waals surface area contributed by atoms with E-state index in [1.54, 1.807) is 0 Å². The molecule has 0 N–H and O–H groups in total. The predicted molar refractivity (Wildman–Crippen MR) is 266 cm³/mol. The van der Waals surface area contributed by atoms with Gasteiger partial charge in [0.25, 0.3) is 0 Å². The maximum atomic E-state index is 4.20. The van der Waals surface area contributed by atoms with Gasteiger partial charge in [0.15, 0.2) is 0 Å². The Balaban J connectivity index is 1.40. The van der Waals surface area contributed by atoms with Crippen LogP contribution in [0, 0.1) is 19.8 Å². The minimum Gasteiger partial charge on any atom is -0.314 e. The van der Waals surface area contributed by atoms with Gasteiger partial charge in [0.05, 0.1) is 0 Å². The summed E-state index contributed by atoms with van der Waals surface area (Å²) in [6.07, 6.45) is 28.8. The van der Waals surface area contributed by atoms with Crippen LogP contribution in [0.15, 0.2) is 146 Å². The lowest BCUT2D eigenvalue weighted by Gasteiger charge is -2.36. The number of rotatable bonds is 22. The topological polar surface area (TPSA) is 6.48 Å². The summed E-state index contributed by atoms with van der Waals surface area (Å²) in [6, 6.07) is 42.3. The van der Waals surface area contributed by atoms with Crippen LogP contribution < -0.4 is 9.80 Å². The Morgan fingerprint density at radius 3 is 1.59 bits per heavy atom. The molecule has 7 rings (SSSR count). The van der Waals surface area contributed by atoms with Crippen LogP contribution in [0.4, 0.5) is 28.4 Å². The molecule has 0 radical (unpaired) electrons. The molecule has 2 heteroatoms. The van der Waals surface area contributed by atoms with Crippen molar-refractivity contribution >= 4 is 28.4 Å². The normalized spacial score (nSPS) is 15.0. The van der Waals surface area contributed by atoms with Crippen molar-refractivity contribution < 1.29 is 0 Å². The van der Waals surface area contributed by atoms with Gasteiger partial charge in [-0.05, 0) is 145 Å². The van der Waals surface area contributed by atoms with Crippen molar-refractivity contribution in [2.24, 2.45) is 5.92 Å². The van der Waals surface area contributed by atoms with Gasteiger partial charge in [-0.2, -0.15) is 0 Å². The highest BCUT2D eigenvalue weighted by Crippen LogP contribution is 2.57. The number of hydrogen-bond donors (Lipinski definition) is 0. The first kappa shape index (κ1) is 44.0. The van der Waals surface area contributed by atoms with Gasteiger partial charge in [-0.1, -0.05) is 165 Å². The molecule has 0 saturated heterocycles. The number of benzene rings is 5. The molecule has 0 bridgehead atoms. The van der Waals surface area contributed by atoms with Crippen LogP contribution in [0.5, 0.6) is 0 Å². The molecule has 0 saturated carbocycles. The molecule has 2 aliphatic carbocycles. The Hall–Kier alpha value is -5.08. The van der Waals surface area contributed by atoms with Crippen LogP contribution in [-0.2, 0) is 11.8 Å². The third kappa shape index (κ3) is 10.2. The molecule has 0 heterocycles. The number of unbranched alkanes of at least 4 members (excludes halogenated alkanes) is 10. The zero-order valence-electron chi connectivity index (χ0n) is 38.2. The summed E-state index contributed by atoms with van der Waals surface area (Å²) >= 11 is 0. The molecule has 0 spiro atoms. The SMILES string of the molecule is C=CC1C=CC=C(N(c2cccc(C)c2)c2ccc3c(c2)C(CCCCCCCC)(CCCCCCCC)c2cc(N(c4cccc(C)c4)c4cccc(CC)c4)ccc2-3)C1. The molecule has 0 aromatic heterocycles. The highest BCUT2D eigenvalue weighted by atomic mass is 15.2. The highest BCUT2D eigenvalue weighted by molar-refractivity contribution is 5.88. The quantitative estimate of drug-likeness (QED) is 0.0508. The summed E-state index contributed by atoms with van der Waals surface area (Å²) in [5.74, 6) is 0.318. The zero-order valence-corrected chi connectivity index (χ0v) is 38.2. The first-order valence-electron chi connectivity index (χ1n) is 24.0. The predicted octanol–water partition coefficient (Wildman–Crippen LogP) is 17.9. The van der Waals surface area contributed by atoms with E-state index >= 15 is 0 Å². The molecule has 318 valence electrons. The lowest BCUT2D eigenvalue weighted by molar-refractivity contribution is 0.398. The van der Waals surface area contributed by atoms with Crippen molar-refractivity contribution in [2.45, 2.75) is 143 Å². The summed E-state index contributed by atoms with van der Waals surface area (Å²) in [6.45, 7) is 15.5. The Labute approximate surface area is 370 Å². The number of hydrogen-bond acceptors (Lipinski definition) is 2. The summed E-state index contributed by atoms with van der Waals surface area (Å²) in [7, 11) is 0. The second-order valence-corrected chi connectivity index (χ2v) is 18.1. The Kier molecular flexibility index (Phi) is 15.2. The molecule has 1 atom stereocenters. The summed E-state index contributed by atoms with van der Waals surface area (Å²) in [5, 5.41) is 0. The first-order chi connectivity index (χ1) is 29.9. The van der Waals surface area contributed by atoms with E-state index in [-0.39, 0.29) is 5.41 Å². The summed E-state index contributed by atoms with van der Waals surface area (Å²) in [4.78, 5) is 5.06. The minimum absolute atomic E-state index is 0.0848. The molecule has 0 fully saturated rings. The summed E-state index contributed by atoms with van der Waals surface area (Å²) < 4.78 is 0. The van der Waals surface area contributed by atoms with E-state index in [0.717, 1.165) is 12.8 Å². The molecule has 2 aliphatic rings. The fourth-order valence-electron chi connectivity index (χ4n) is 10.2. The van der Waals surface area contributed by atoms with Crippen LogP contribution >= 0.6 is 0 Å². The number of aryl methyl sites for hydroxylation is 3. The molecule has 61 heavy (non-hydrogen) atoms. The average molecular weight is 809 g/mol. The number of fused-ring (bicyclic) bond motifs is 3. The van der Waals surface area contributed by atoms with Gasteiger partial charge in [0.2, 0.25) is 0 Å². The van der Waals surface area contributed by atoms with Gasteiger partial charge in [-0.3, -0.25) is 0 Å². The van der Waals surface area contributed by atoms with Gasteiger partial charge < -0.3 is 9.80 Å². The van der Waals surface area contributed by atoms with Crippen molar-refractivity contribution in [3.8, 4) is 11.1 Å². The largest absolute Gasteiger partial charge is 0.314 e. The van der Waals surface area contributed by atoms with Crippen molar-refractivity contribution in [2.75, 3.05) is 9.80 Å². The van der Waals surface area contributed by atoms with Gasteiger partial charge in [-0.25, -0.2) is 0 Å². The Morgan fingerprint density at radius 2 is 1.05 bits per heavy atom. The van der Waals surface area contributed by atoms with Crippen molar-refractivity contribution in [3.63, 3.8) is 0 Å². The maximum Gasteiger partial charge on any atom is 0.0465 e. The van der Waals surface area contributed by atoms with E-state index in [1.807, 2.05) is 0 Å². The second-order valence-electron chi connectivity index (χ2n) is 18.1. The van der Waals surface area contributed by atoms with Crippen molar-refractivity contribution in [1.29, 1.82) is 0 Å². The third-order valence-corrected chi connectivity index (χ3v) is 13.5. The molecule has 5 aromatic carbocycles. The van der Waals surface area contributed by atoms with Gasteiger partial charge in [-0.15, -0.1) is 6.58 Å². The molecular weight excluding hydrogens is 737 g/mol. The minimum atomic E-state index is -0.0848. The van der Waals surface area contributed by atoms with Crippen molar-refractivity contribution in [3.05, 3.63) is 174 Å². The lowest BCUT2D eigenvalue weighted by Crippen LogP contribution is -2.27. The number of anilines is 5. The summed E-state index contributed by atoms with van der Waals surface area (Å²) in [5.41, 5.74) is 17.2. The Morgan fingerprint density at radius 1 is 0.557 bits per heavy atom. The number of allylic oxidation sites excluding steroid dienone is 5. The smallest absolute Gasteiger partial charge is 0.0465 e. The first-order valence-corrected chi connectivity index (χ1v) is 24.0. The fourth-order valence-corrected chi connectivity index (χ4v) is 10.2. The molecule has 1 unspecified atom stereocenters. The van der Waals surface area contributed by atoms with E-state index in [0.29, 0.717) is 5.92 Å². The molecule has 2 nitrogen and oxygen atoms in total. The van der Waals surface area contributed by atoms with Gasteiger partial charge in [0, 0.05) is 45.5 Å². The monoisotopic (exact) mass is 809 g/mol. The second kappa shape index (κ2) is 21.1. The van der Waals surface area contributed by atoms with E-state index < -0.39 is 0 Å². The molecule has 5 aromatic rings. The van der Waals surface area contributed by atoms with Crippen LogP contribution in [0.25, 0.3) is 11.1 Å². The molecule has 0 aliphatic heterocycles. The fraction of sp³-hybridized carbons (Fsp3) is 0.390. The van der Waals surface area contributed by atoms with Gasteiger partial charge in [0.1, 0.15) is 0 Å². The van der Waals surface area contributed by atoms with Gasteiger partial charge >= 0.3 is 0 Å². The number of nitrogens with zero attached hydrogens (tertiary/aromatic N) is 2. The van der Waals surface area contributed by atoms with E-state index in [4.69, 9.17) is 0 Å². The lowest BCUT2D eigenvalue weighted by atomic mass is 9.70. The Bertz CT molecular complexity index is 2270. The van der Waals surface area contributed by atoms with E-state index in [9.17, 15) is 0 Å². The molecular formula is C59H72N2. The van der Waals surface area contributed by atoms with Crippen LogP contribution in [0.3, 0.4) is 0 Å². The van der Waals surface area contributed by atoms with Crippen LogP contribution in [0.2, 0.25) is 0 Å². The van der Waals surface area contributed by atoms with E-state index in [1.165, 1.54) is 163 Å². The zero-order chi connectivity index (χ0) is 42.6.